The van der Waals surface area contributed by atoms with Gasteiger partial charge in [0.2, 0.25) is 0 Å². The summed E-state index contributed by atoms with van der Waals surface area (Å²) in [5.74, 6) is -1.78. The number of hydrogen-bond acceptors (Lipinski definition) is 4. The monoisotopic (exact) mass is 361 g/mol. The second-order valence-corrected chi connectivity index (χ2v) is 5.30. The number of benzene rings is 2. The molecular formula is C17H15N9O. The van der Waals surface area contributed by atoms with Crippen LogP contribution >= 0.6 is 0 Å². The van der Waals surface area contributed by atoms with Gasteiger partial charge in [-0.15, -0.1) is 0 Å². The lowest BCUT2D eigenvalue weighted by atomic mass is 10.1. The predicted octanol–water partition coefficient (Wildman–Crippen LogP) is 6.21. The van der Waals surface area contributed by atoms with E-state index < -0.39 is 11.9 Å². The molecule has 2 aromatic rings. The molecular weight excluding hydrogens is 346 g/mol. The van der Waals surface area contributed by atoms with Crippen molar-refractivity contribution in [2.45, 2.75) is 18.8 Å². The molecule has 10 heteroatoms. The van der Waals surface area contributed by atoms with Crippen molar-refractivity contribution >= 4 is 12.2 Å². The number of rotatable bonds is 8. The van der Waals surface area contributed by atoms with Gasteiger partial charge in [0.1, 0.15) is 5.75 Å². The van der Waals surface area contributed by atoms with Gasteiger partial charge in [-0.3, -0.25) is 0 Å². The second-order valence-electron chi connectivity index (χ2n) is 5.30. The average molecular weight is 361 g/mol. The van der Waals surface area contributed by atoms with E-state index in [1.165, 1.54) is 6.92 Å². The van der Waals surface area contributed by atoms with Crippen molar-refractivity contribution in [2.75, 3.05) is 0 Å². The van der Waals surface area contributed by atoms with Gasteiger partial charge in [-0.05, 0) is 38.5 Å². The number of hydrogen-bond donors (Lipinski definition) is 0. The molecule has 0 bridgehead atoms. The minimum Gasteiger partial charge on any atom is -0.474 e. The Morgan fingerprint density at radius 2 is 1.52 bits per heavy atom. The summed E-state index contributed by atoms with van der Waals surface area (Å²) in [4.78, 5) is 8.04. The Labute approximate surface area is 154 Å². The standard InChI is InChI=1S/C17H15N9O/c1-13(21-24-18)17(22-25-19,23-26-20)27-16-10-6-5-9-15(16)12-11-14-7-3-2-4-8-14/h2-13H,1H3/b12-11+. The molecule has 2 aromatic carbocycles. The van der Waals surface area contributed by atoms with Gasteiger partial charge in [0.15, 0.2) is 0 Å². The highest BCUT2D eigenvalue weighted by atomic mass is 16.5. The van der Waals surface area contributed by atoms with Gasteiger partial charge in [0.25, 0.3) is 5.85 Å². The molecule has 0 aliphatic heterocycles. The molecule has 0 N–H and O–H groups in total. The van der Waals surface area contributed by atoms with Crippen LogP contribution in [0.15, 0.2) is 69.9 Å². The van der Waals surface area contributed by atoms with Crippen LogP contribution in [-0.2, 0) is 0 Å². The molecule has 10 nitrogen and oxygen atoms in total. The number of nitrogens with zero attached hydrogens (tertiary/aromatic N) is 9. The zero-order chi connectivity index (χ0) is 19.5. The molecule has 0 aromatic heterocycles. The van der Waals surface area contributed by atoms with Gasteiger partial charge in [-0.2, -0.15) is 0 Å². The van der Waals surface area contributed by atoms with E-state index >= 15 is 0 Å². The van der Waals surface area contributed by atoms with E-state index in [1.54, 1.807) is 30.3 Å². The molecule has 0 saturated heterocycles. The molecule has 0 saturated carbocycles. The Morgan fingerprint density at radius 3 is 2.15 bits per heavy atom. The van der Waals surface area contributed by atoms with Gasteiger partial charge in [-0.1, -0.05) is 72.7 Å². The molecule has 0 fully saturated rings. The molecule has 0 heterocycles. The molecule has 134 valence electrons. The molecule has 1 unspecified atom stereocenters. The smallest absolute Gasteiger partial charge is 0.273 e. The van der Waals surface area contributed by atoms with Gasteiger partial charge in [-0.25, -0.2) is 0 Å². The van der Waals surface area contributed by atoms with Crippen LogP contribution in [0.5, 0.6) is 5.75 Å². The SMILES string of the molecule is CC(N=[N+]=[N-])C(N=[N+]=[N-])(N=[N+]=[N-])Oc1ccccc1/C=C/c1ccccc1. The minimum atomic E-state index is -2.08. The summed E-state index contributed by atoms with van der Waals surface area (Å²) in [6, 6.07) is 15.5. The van der Waals surface area contributed by atoms with Crippen molar-refractivity contribution in [3.63, 3.8) is 0 Å². The lowest BCUT2D eigenvalue weighted by Gasteiger charge is -2.28. The van der Waals surface area contributed by atoms with Crippen LogP contribution in [0.25, 0.3) is 43.5 Å². The Morgan fingerprint density at radius 1 is 0.889 bits per heavy atom. The zero-order valence-electron chi connectivity index (χ0n) is 14.4. The highest BCUT2D eigenvalue weighted by Gasteiger charge is 2.37. The van der Waals surface area contributed by atoms with Crippen molar-refractivity contribution < 1.29 is 4.74 Å². The van der Waals surface area contributed by atoms with Gasteiger partial charge in [0, 0.05) is 20.3 Å². The minimum absolute atomic E-state index is 0.296. The first-order valence-electron chi connectivity index (χ1n) is 7.83. The number of azide groups is 2. The third kappa shape index (κ3) is 4.94. The molecule has 27 heavy (non-hydrogen) atoms. The largest absolute Gasteiger partial charge is 0.474 e. The highest BCUT2D eigenvalue weighted by Crippen LogP contribution is 2.30. The maximum absolute atomic E-state index is 8.89. The Balaban J connectivity index is 2.47. The molecule has 1 atom stereocenters. The topological polar surface area (TPSA) is 156 Å². The molecule has 0 aliphatic carbocycles. The molecule has 0 aliphatic rings. The molecule has 0 spiro atoms. The van der Waals surface area contributed by atoms with Crippen molar-refractivity contribution in [3.8, 4) is 5.75 Å². The van der Waals surface area contributed by atoms with E-state index in [9.17, 15) is 0 Å². The third-order valence-electron chi connectivity index (χ3n) is 3.58. The maximum atomic E-state index is 8.89. The average Bonchev–Trinajstić information content (AvgIpc) is 2.68. The Hall–Kier alpha value is -4.09. The van der Waals surface area contributed by atoms with Gasteiger partial charge in [0.05, 0.1) is 6.04 Å². The van der Waals surface area contributed by atoms with Crippen LogP contribution in [0.4, 0.5) is 0 Å². The fourth-order valence-electron chi connectivity index (χ4n) is 2.22. The van der Waals surface area contributed by atoms with Crippen molar-refractivity contribution in [2.24, 2.45) is 15.3 Å². The highest BCUT2D eigenvalue weighted by molar-refractivity contribution is 5.72. The Bertz CT molecular complexity index is 935. The quantitative estimate of drug-likeness (QED) is 0.233. The molecule has 2 rings (SSSR count). The van der Waals surface area contributed by atoms with Crippen LogP contribution in [0.1, 0.15) is 18.1 Å². The van der Waals surface area contributed by atoms with Crippen molar-refractivity contribution in [1.82, 2.24) is 0 Å². The van der Waals surface area contributed by atoms with E-state index in [0.29, 0.717) is 11.3 Å². The molecule has 0 amide bonds. The fourth-order valence-corrected chi connectivity index (χ4v) is 2.22. The van der Waals surface area contributed by atoms with E-state index in [4.69, 9.17) is 21.3 Å². The normalized spacial score (nSPS) is 13.4. The summed E-state index contributed by atoms with van der Waals surface area (Å²) in [5, 5.41) is 10.4. The summed E-state index contributed by atoms with van der Waals surface area (Å²) in [6.45, 7) is 1.42. The van der Waals surface area contributed by atoms with Crippen LogP contribution in [0.2, 0.25) is 0 Å². The van der Waals surface area contributed by atoms with Gasteiger partial charge >= 0.3 is 0 Å². The van der Waals surface area contributed by atoms with E-state index in [1.807, 2.05) is 36.4 Å². The second kappa shape index (κ2) is 9.41. The molecule has 0 radical (unpaired) electrons. The zero-order valence-corrected chi connectivity index (χ0v) is 14.4. The summed E-state index contributed by atoms with van der Waals surface area (Å²) in [5.41, 5.74) is 28.1. The first-order valence-corrected chi connectivity index (χ1v) is 7.83. The van der Waals surface area contributed by atoms with E-state index in [2.05, 4.69) is 30.1 Å². The summed E-state index contributed by atoms with van der Waals surface area (Å²) < 4.78 is 5.76. The van der Waals surface area contributed by atoms with Crippen LogP contribution in [0, 0.1) is 0 Å². The van der Waals surface area contributed by atoms with Crippen LogP contribution < -0.4 is 4.74 Å². The third-order valence-corrected chi connectivity index (χ3v) is 3.58. The van der Waals surface area contributed by atoms with Crippen molar-refractivity contribution in [3.05, 3.63) is 97.1 Å². The first-order chi connectivity index (χ1) is 13.1. The first kappa shape index (κ1) is 19.2. The number of ether oxygens (including phenoxy) is 1. The van der Waals surface area contributed by atoms with Gasteiger partial charge < -0.3 is 4.74 Å². The lowest BCUT2D eigenvalue weighted by molar-refractivity contribution is 0.0609. The summed E-state index contributed by atoms with van der Waals surface area (Å²) >= 11 is 0. The van der Waals surface area contributed by atoms with E-state index in [-0.39, 0.29) is 0 Å². The van der Waals surface area contributed by atoms with Crippen molar-refractivity contribution in [1.29, 1.82) is 0 Å². The summed E-state index contributed by atoms with van der Waals surface area (Å²) in [6.07, 6.45) is 3.68. The lowest BCUT2D eigenvalue weighted by Crippen LogP contribution is -2.40. The van der Waals surface area contributed by atoms with Crippen LogP contribution in [-0.4, -0.2) is 11.9 Å². The van der Waals surface area contributed by atoms with Crippen LogP contribution in [0.3, 0.4) is 0 Å². The Kier molecular flexibility index (Phi) is 6.70. The predicted molar refractivity (Wildman–Crippen MR) is 102 cm³/mol. The fraction of sp³-hybridized carbons (Fsp3) is 0.176. The number of para-hydroxylation sites is 1. The summed E-state index contributed by atoms with van der Waals surface area (Å²) in [7, 11) is 0. The van der Waals surface area contributed by atoms with E-state index in [0.717, 1.165) is 5.56 Å². The maximum Gasteiger partial charge on any atom is 0.273 e.